The van der Waals surface area contributed by atoms with E-state index in [1.54, 1.807) is 6.20 Å². The minimum absolute atomic E-state index is 0.852. The van der Waals surface area contributed by atoms with E-state index in [4.69, 9.17) is 0 Å². The molecule has 0 saturated heterocycles. The summed E-state index contributed by atoms with van der Waals surface area (Å²) in [6.45, 7) is 1.82. The van der Waals surface area contributed by atoms with Crippen molar-refractivity contribution in [1.29, 1.82) is 0 Å². The molecule has 1 heterocycles. The van der Waals surface area contributed by atoms with Gasteiger partial charge in [0, 0.05) is 15.2 Å². The Bertz CT molecular complexity index is 750. The van der Waals surface area contributed by atoms with Crippen molar-refractivity contribution in [3.05, 3.63) is 75.5 Å². The zero-order valence-electron chi connectivity index (χ0n) is 11.0. The Hall–Kier alpha value is -1.46. The summed E-state index contributed by atoms with van der Waals surface area (Å²) in [6, 6.07) is 17.8. The molecule has 100 valence electrons. The van der Waals surface area contributed by atoms with Gasteiger partial charge in [-0.2, -0.15) is 0 Å². The molecule has 0 spiro atoms. The maximum absolute atomic E-state index is 10.9. The van der Waals surface area contributed by atoms with E-state index >= 15 is 0 Å². The molecule has 0 aliphatic carbocycles. The molecular weight excluding hydrogens is 361 g/mol. The molecule has 1 N–H and O–H groups in total. The Morgan fingerprint density at radius 2 is 1.70 bits per heavy atom. The SMILES string of the molecule is CC(O)(c1ccc(I)cc1)c1ccc2cccnc2c1. The van der Waals surface area contributed by atoms with E-state index < -0.39 is 5.60 Å². The van der Waals surface area contributed by atoms with E-state index in [1.165, 1.54) is 0 Å². The molecule has 1 aromatic heterocycles. The highest BCUT2D eigenvalue weighted by Crippen LogP contribution is 2.31. The van der Waals surface area contributed by atoms with Crippen LogP contribution in [0.2, 0.25) is 0 Å². The first-order chi connectivity index (χ1) is 9.57. The zero-order chi connectivity index (χ0) is 14.2. The van der Waals surface area contributed by atoms with Crippen LogP contribution in [-0.4, -0.2) is 10.1 Å². The second kappa shape index (κ2) is 5.14. The number of hydrogen-bond donors (Lipinski definition) is 1. The lowest BCUT2D eigenvalue weighted by molar-refractivity contribution is 0.102. The number of aliphatic hydroxyl groups is 1. The van der Waals surface area contributed by atoms with Crippen molar-refractivity contribution >= 4 is 33.5 Å². The molecule has 0 aliphatic rings. The van der Waals surface area contributed by atoms with E-state index in [1.807, 2.05) is 61.5 Å². The first-order valence-corrected chi connectivity index (χ1v) is 7.49. The number of nitrogens with zero attached hydrogens (tertiary/aromatic N) is 1. The fraction of sp³-hybridized carbons (Fsp3) is 0.118. The van der Waals surface area contributed by atoms with Crippen molar-refractivity contribution in [1.82, 2.24) is 4.98 Å². The Balaban J connectivity index is 2.10. The van der Waals surface area contributed by atoms with Crippen molar-refractivity contribution in [3.8, 4) is 0 Å². The van der Waals surface area contributed by atoms with Gasteiger partial charge in [-0.1, -0.05) is 30.3 Å². The second-order valence-corrected chi connectivity index (χ2v) is 6.24. The van der Waals surface area contributed by atoms with Crippen LogP contribution in [0.3, 0.4) is 0 Å². The normalized spacial score (nSPS) is 14.2. The smallest absolute Gasteiger partial charge is 0.112 e. The van der Waals surface area contributed by atoms with E-state index in [0.29, 0.717) is 0 Å². The summed E-state index contributed by atoms with van der Waals surface area (Å²) in [4.78, 5) is 4.35. The Morgan fingerprint density at radius 3 is 2.45 bits per heavy atom. The first-order valence-electron chi connectivity index (χ1n) is 6.41. The minimum Gasteiger partial charge on any atom is -0.381 e. The average molecular weight is 375 g/mol. The van der Waals surface area contributed by atoms with Gasteiger partial charge in [-0.25, -0.2) is 0 Å². The number of benzene rings is 2. The lowest BCUT2D eigenvalue weighted by Gasteiger charge is -2.25. The van der Waals surface area contributed by atoms with Gasteiger partial charge in [0.25, 0.3) is 0 Å². The predicted octanol–water partition coefficient (Wildman–Crippen LogP) is 4.10. The van der Waals surface area contributed by atoms with Crippen LogP contribution in [0.1, 0.15) is 18.1 Å². The summed E-state index contributed by atoms with van der Waals surface area (Å²) in [5.74, 6) is 0. The summed E-state index contributed by atoms with van der Waals surface area (Å²) in [7, 11) is 0. The Labute approximate surface area is 131 Å². The number of pyridine rings is 1. The molecular formula is C17H14INO. The molecule has 3 aromatic rings. The highest BCUT2D eigenvalue weighted by molar-refractivity contribution is 14.1. The molecule has 0 fully saturated rings. The minimum atomic E-state index is -1.02. The summed E-state index contributed by atoms with van der Waals surface area (Å²) in [6.07, 6.45) is 1.77. The van der Waals surface area contributed by atoms with Crippen LogP contribution in [0.5, 0.6) is 0 Å². The molecule has 3 rings (SSSR count). The molecule has 0 amide bonds. The maximum atomic E-state index is 10.9. The molecule has 0 radical (unpaired) electrons. The molecule has 0 saturated carbocycles. The van der Waals surface area contributed by atoms with Crippen molar-refractivity contribution in [2.24, 2.45) is 0 Å². The molecule has 1 atom stereocenters. The van der Waals surface area contributed by atoms with Crippen molar-refractivity contribution in [2.75, 3.05) is 0 Å². The lowest BCUT2D eigenvalue weighted by Crippen LogP contribution is -2.22. The van der Waals surface area contributed by atoms with Crippen molar-refractivity contribution < 1.29 is 5.11 Å². The third-order valence-electron chi connectivity index (χ3n) is 3.57. The van der Waals surface area contributed by atoms with Crippen molar-refractivity contribution in [2.45, 2.75) is 12.5 Å². The highest BCUT2D eigenvalue weighted by atomic mass is 127. The molecule has 0 aliphatic heterocycles. The molecule has 0 bridgehead atoms. The molecule has 2 nitrogen and oxygen atoms in total. The third kappa shape index (κ3) is 2.43. The van der Waals surface area contributed by atoms with Gasteiger partial charge in [0.2, 0.25) is 0 Å². The van der Waals surface area contributed by atoms with Crippen LogP contribution >= 0.6 is 22.6 Å². The number of hydrogen-bond acceptors (Lipinski definition) is 2. The summed E-state index contributed by atoms with van der Waals surface area (Å²) < 4.78 is 1.15. The molecule has 2 aromatic carbocycles. The van der Waals surface area contributed by atoms with E-state index in [-0.39, 0.29) is 0 Å². The lowest BCUT2D eigenvalue weighted by atomic mass is 9.88. The Morgan fingerprint density at radius 1 is 1.00 bits per heavy atom. The number of rotatable bonds is 2. The Kier molecular flexibility index (Phi) is 3.48. The van der Waals surface area contributed by atoms with Crippen LogP contribution in [0.4, 0.5) is 0 Å². The predicted molar refractivity (Wildman–Crippen MR) is 89.6 cm³/mol. The molecule has 20 heavy (non-hydrogen) atoms. The maximum Gasteiger partial charge on any atom is 0.112 e. The highest BCUT2D eigenvalue weighted by Gasteiger charge is 2.25. The molecule has 3 heteroatoms. The number of halogens is 1. The quantitative estimate of drug-likeness (QED) is 0.685. The fourth-order valence-corrected chi connectivity index (χ4v) is 2.67. The number of fused-ring (bicyclic) bond motifs is 1. The van der Waals surface area contributed by atoms with Gasteiger partial charge in [-0.05, 0) is 64.9 Å². The summed E-state index contributed by atoms with van der Waals surface area (Å²) in [5, 5.41) is 12.0. The van der Waals surface area contributed by atoms with E-state index in [9.17, 15) is 5.11 Å². The first kappa shape index (κ1) is 13.5. The van der Waals surface area contributed by atoms with E-state index in [2.05, 4.69) is 27.6 Å². The summed E-state index contributed by atoms with van der Waals surface area (Å²) >= 11 is 2.26. The van der Waals surface area contributed by atoms with Crippen LogP contribution in [-0.2, 0) is 5.60 Å². The monoisotopic (exact) mass is 375 g/mol. The second-order valence-electron chi connectivity index (χ2n) is 4.99. The van der Waals surface area contributed by atoms with Crippen LogP contribution in [0.25, 0.3) is 10.9 Å². The van der Waals surface area contributed by atoms with Gasteiger partial charge >= 0.3 is 0 Å². The standard InChI is InChI=1S/C17H14INO/c1-17(20,13-6-8-15(18)9-7-13)14-5-4-12-3-2-10-19-16(12)11-14/h2-11,20H,1H3. The van der Waals surface area contributed by atoms with Crippen molar-refractivity contribution in [3.63, 3.8) is 0 Å². The number of aromatic nitrogens is 1. The van der Waals surface area contributed by atoms with Crippen LogP contribution < -0.4 is 0 Å². The van der Waals surface area contributed by atoms with Crippen LogP contribution in [0.15, 0.2) is 60.8 Å². The zero-order valence-corrected chi connectivity index (χ0v) is 13.2. The van der Waals surface area contributed by atoms with E-state index in [0.717, 1.165) is 25.6 Å². The largest absolute Gasteiger partial charge is 0.381 e. The third-order valence-corrected chi connectivity index (χ3v) is 4.29. The van der Waals surface area contributed by atoms with Crippen LogP contribution in [0, 0.1) is 3.57 Å². The van der Waals surface area contributed by atoms with Gasteiger partial charge < -0.3 is 5.11 Å². The molecule has 1 unspecified atom stereocenters. The van der Waals surface area contributed by atoms with Gasteiger partial charge in [0.15, 0.2) is 0 Å². The van der Waals surface area contributed by atoms with Gasteiger partial charge in [-0.15, -0.1) is 0 Å². The fourth-order valence-electron chi connectivity index (χ4n) is 2.31. The topological polar surface area (TPSA) is 33.1 Å². The summed E-state index contributed by atoms with van der Waals surface area (Å²) in [5.41, 5.74) is 1.62. The van der Waals surface area contributed by atoms with Gasteiger partial charge in [0.1, 0.15) is 5.60 Å². The average Bonchev–Trinajstić information content (AvgIpc) is 2.47. The van der Waals surface area contributed by atoms with Gasteiger partial charge in [-0.3, -0.25) is 4.98 Å². The van der Waals surface area contributed by atoms with Gasteiger partial charge in [0.05, 0.1) is 5.52 Å².